The molecule has 0 aromatic heterocycles. The zero-order chi connectivity index (χ0) is 15.2. The van der Waals surface area contributed by atoms with Gasteiger partial charge in [-0.05, 0) is 31.2 Å². The van der Waals surface area contributed by atoms with E-state index in [9.17, 15) is 10.1 Å². The number of nitro groups is 1. The predicted octanol–water partition coefficient (Wildman–Crippen LogP) is 3.64. The van der Waals surface area contributed by atoms with Gasteiger partial charge in [0.1, 0.15) is 0 Å². The zero-order valence-corrected chi connectivity index (χ0v) is 11.5. The zero-order valence-electron chi connectivity index (χ0n) is 11.5. The summed E-state index contributed by atoms with van der Waals surface area (Å²) in [4.78, 5) is 10.5. The van der Waals surface area contributed by atoms with Gasteiger partial charge in [-0.15, -0.1) is 0 Å². The molecule has 0 aliphatic heterocycles. The van der Waals surface area contributed by atoms with Gasteiger partial charge >= 0.3 is 0 Å². The summed E-state index contributed by atoms with van der Waals surface area (Å²) >= 11 is 0. The molecule has 0 fully saturated rings. The van der Waals surface area contributed by atoms with Gasteiger partial charge in [0.15, 0.2) is 0 Å². The lowest BCUT2D eigenvalue weighted by Gasteiger charge is -2.10. The van der Waals surface area contributed by atoms with Gasteiger partial charge in [-0.25, -0.2) is 0 Å². The van der Waals surface area contributed by atoms with Crippen LogP contribution in [0, 0.1) is 21.4 Å². The third-order valence-corrected chi connectivity index (χ3v) is 2.79. The van der Waals surface area contributed by atoms with E-state index in [0.29, 0.717) is 29.2 Å². The topological polar surface area (TPSA) is 91.0 Å². The minimum atomic E-state index is -0.433. The van der Waals surface area contributed by atoms with Gasteiger partial charge in [-0.2, -0.15) is 5.26 Å². The lowest BCUT2D eigenvalue weighted by atomic mass is 10.2. The highest BCUT2D eigenvalue weighted by atomic mass is 16.6. The van der Waals surface area contributed by atoms with Crippen LogP contribution in [0.3, 0.4) is 0 Å². The second-order valence-electron chi connectivity index (χ2n) is 4.37. The van der Waals surface area contributed by atoms with Crippen LogP contribution in [0.1, 0.15) is 12.5 Å². The highest BCUT2D eigenvalue weighted by Crippen LogP contribution is 2.27. The Balaban J connectivity index is 2.34. The molecule has 2 N–H and O–H groups in total. The Kier molecular flexibility index (Phi) is 4.36. The molecular weight excluding hydrogens is 268 g/mol. The first-order chi connectivity index (χ1) is 10.1. The van der Waals surface area contributed by atoms with Crippen molar-refractivity contribution in [3.05, 3.63) is 58.1 Å². The Morgan fingerprint density at radius 3 is 2.62 bits per heavy atom. The average Bonchev–Trinajstić information content (AvgIpc) is 2.47. The van der Waals surface area contributed by atoms with Gasteiger partial charge in [-0.3, -0.25) is 10.1 Å². The number of non-ortho nitro benzene ring substituents is 1. The molecule has 2 aromatic rings. The summed E-state index contributed by atoms with van der Waals surface area (Å²) in [6, 6.07) is 13.7. The number of rotatable bonds is 5. The second kappa shape index (κ2) is 6.39. The SMILES string of the molecule is CCNc1cc(Nc2cccc(C#N)c2)cc([N+](=O)[O-])c1. The lowest BCUT2D eigenvalue weighted by Crippen LogP contribution is -2.00. The van der Waals surface area contributed by atoms with E-state index in [1.54, 1.807) is 30.3 Å². The molecule has 21 heavy (non-hydrogen) atoms. The van der Waals surface area contributed by atoms with Crippen molar-refractivity contribution >= 4 is 22.7 Å². The van der Waals surface area contributed by atoms with E-state index in [1.165, 1.54) is 12.1 Å². The van der Waals surface area contributed by atoms with Crippen molar-refractivity contribution in [2.24, 2.45) is 0 Å². The second-order valence-corrected chi connectivity index (χ2v) is 4.37. The quantitative estimate of drug-likeness (QED) is 0.645. The third-order valence-electron chi connectivity index (χ3n) is 2.79. The van der Waals surface area contributed by atoms with Gasteiger partial charge < -0.3 is 10.6 Å². The first kappa shape index (κ1) is 14.3. The van der Waals surface area contributed by atoms with Crippen LogP contribution in [0.15, 0.2) is 42.5 Å². The van der Waals surface area contributed by atoms with Crippen molar-refractivity contribution in [1.82, 2.24) is 0 Å². The Morgan fingerprint density at radius 1 is 1.19 bits per heavy atom. The summed E-state index contributed by atoms with van der Waals surface area (Å²) in [7, 11) is 0. The molecule has 0 saturated carbocycles. The fourth-order valence-electron chi connectivity index (χ4n) is 1.93. The van der Waals surface area contributed by atoms with Crippen molar-refractivity contribution in [2.75, 3.05) is 17.2 Å². The number of anilines is 3. The summed E-state index contributed by atoms with van der Waals surface area (Å²) < 4.78 is 0. The summed E-state index contributed by atoms with van der Waals surface area (Å²) in [5.74, 6) is 0. The van der Waals surface area contributed by atoms with Crippen LogP contribution in [0.5, 0.6) is 0 Å². The van der Waals surface area contributed by atoms with Gasteiger partial charge in [0.25, 0.3) is 5.69 Å². The number of nitriles is 1. The van der Waals surface area contributed by atoms with Crippen molar-refractivity contribution < 1.29 is 4.92 Å². The van der Waals surface area contributed by atoms with Crippen LogP contribution < -0.4 is 10.6 Å². The highest BCUT2D eigenvalue weighted by molar-refractivity contribution is 5.69. The normalized spacial score (nSPS) is 9.71. The van der Waals surface area contributed by atoms with E-state index < -0.39 is 4.92 Å². The molecule has 0 bridgehead atoms. The first-order valence-electron chi connectivity index (χ1n) is 6.43. The maximum atomic E-state index is 11.0. The number of nitro benzene ring substituents is 1. The van der Waals surface area contributed by atoms with E-state index in [0.717, 1.165) is 0 Å². The molecule has 0 radical (unpaired) electrons. The summed E-state index contributed by atoms with van der Waals surface area (Å²) in [5, 5.41) is 26.0. The van der Waals surface area contributed by atoms with Crippen LogP contribution in [-0.2, 0) is 0 Å². The molecule has 0 aliphatic carbocycles. The number of nitrogens with one attached hydrogen (secondary N) is 2. The van der Waals surface area contributed by atoms with E-state index >= 15 is 0 Å². The number of nitrogens with zero attached hydrogens (tertiary/aromatic N) is 2. The lowest BCUT2D eigenvalue weighted by molar-refractivity contribution is -0.384. The molecule has 0 saturated heterocycles. The molecule has 2 aromatic carbocycles. The van der Waals surface area contributed by atoms with Crippen LogP contribution in [0.4, 0.5) is 22.7 Å². The average molecular weight is 282 g/mol. The summed E-state index contributed by atoms with van der Waals surface area (Å²) in [6.45, 7) is 2.59. The molecule has 106 valence electrons. The molecule has 0 aliphatic rings. The third kappa shape index (κ3) is 3.70. The van der Waals surface area contributed by atoms with Crippen molar-refractivity contribution in [3.63, 3.8) is 0 Å². The molecule has 0 atom stereocenters. The van der Waals surface area contributed by atoms with E-state index in [1.807, 2.05) is 6.92 Å². The number of hydrogen-bond acceptors (Lipinski definition) is 5. The number of hydrogen-bond donors (Lipinski definition) is 2. The van der Waals surface area contributed by atoms with Gasteiger partial charge in [-0.1, -0.05) is 6.07 Å². The fraction of sp³-hybridized carbons (Fsp3) is 0.133. The molecule has 6 heteroatoms. The van der Waals surface area contributed by atoms with Crippen LogP contribution in [0.25, 0.3) is 0 Å². The van der Waals surface area contributed by atoms with Crippen molar-refractivity contribution in [3.8, 4) is 6.07 Å². The molecule has 0 heterocycles. The van der Waals surface area contributed by atoms with Gasteiger partial charge in [0.05, 0.1) is 16.6 Å². The monoisotopic (exact) mass is 282 g/mol. The Hall–Kier alpha value is -3.07. The Bertz CT molecular complexity index is 707. The minimum absolute atomic E-state index is 0.00684. The Morgan fingerprint density at radius 2 is 1.95 bits per heavy atom. The van der Waals surface area contributed by atoms with Crippen molar-refractivity contribution in [1.29, 1.82) is 5.26 Å². The fourth-order valence-corrected chi connectivity index (χ4v) is 1.93. The Labute approximate surface area is 122 Å². The summed E-state index contributed by atoms with van der Waals surface area (Å²) in [5.41, 5.74) is 2.50. The highest BCUT2D eigenvalue weighted by Gasteiger charge is 2.10. The maximum absolute atomic E-state index is 11.0. The largest absolute Gasteiger partial charge is 0.385 e. The van der Waals surface area contributed by atoms with E-state index in [4.69, 9.17) is 5.26 Å². The molecule has 0 unspecified atom stereocenters. The van der Waals surface area contributed by atoms with Crippen LogP contribution in [0.2, 0.25) is 0 Å². The molecule has 2 rings (SSSR count). The van der Waals surface area contributed by atoms with E-state index in [-0.39, 0.29) is 5.69 Å². The minimum Gasteiger partial charge on any atom is -0.385 e. The van der Waals surface area contributed by atoms with E-state index in [2.05, 4.69) is 16.7 Å². The maximum Gasteiger partial charge on any atom is 0.273 e. The first-order valence-corrected chi connectivity index (χ1v) is 6.43. The predicted molar refractivity (Wildman–Crippen MR) is 81.7 cm³/mol. The van der Waals surface area contributed by atoms with Gasteiger partial charge in [0, 0.05) is 35.7 Å². The van der Waals surface area contributed by atoms with Crippen LogP contribution in [-0.4, -0.2) is 11.5 Å². The molecular formula is C15H14N4O2. The van der Waals surface area contributed by atoms with Gasteiger partial charge in [0.2, 0.25) is 0 Å². The van der Waals surface area contributed by atoms with Crippen LogP contribution >= 0.6 is 0 Å². The molecule has 6 nitrogen and oxygen atoms in total. The number of benzene rings is 2. The summed E-state index contributed by atoms with van der Waals surface area (Å²) in [6.07, 6.45) is 0. The standard InChI is InChI=1S/C15H14N4O2/c1-2-17-13-7-14(9-15(8-13)19(20)21)18-12-5-3-4-11(6-12)10-16/h3-9,17-18H,2H2,1H3. The molecule has 0 amide bonds. The smallest absolute Gasteiger partial charge is 0.273 e. The van der Waals surface area contributed by atoms with Crippen molar-refractivity contribution in [2.45, 2.75) is 6.92 Å². The molecule has 0 spiro atoms.